The third-order valence-corrected chi connectivity index (χ3v) is 3.73. The van der Waals surface area contributed by atoms with Crippen molar-refractivity contribution in [2.24, 2.45) is 11.7 Å². The molecule has 4 heteroatoms. The van der Waals surface area contributed by atoms with Crippen LogP contribution in [0.4, 0.5) is 0 Å². The Balaban J connectivity index is 1.81. The van der Waals surface area contributed by atoms with Crippen LogP contribution in [-0.2, 0) is 11.2 Å². The van der Waals surface area contributed by atoms with Gasteiger partial charge in [-0.2, -0.15) is 0 Å². The molecule has 2 rings (SSSR count). The van der Waals surface area contributed by atoms with Crippen molar-refractivity contribution < 1.29 is 9.90 Å². The molecule has 1 fully saturated rings. The quantitative estimate of drug-likeness (QED) is 0.824. The first-order chi connectivity index (χ1) is 9.06. The van der Waals surface area contributed by atoms with Crippen LogP contribution in [0.3, 0.4) is 0 Å². The molecule has 1 aliphatic rings. The predicted octanol–water partition coefficient (Wildman–Crippen LogP) is 0.786. The molecule has 0 spiro atoms. The van der Waals surface area contributed by atoms with E-state index < -0.39 is 6.04 Å². The van der Waals surface area contributed by atoms with Crippen LogP contribution in [0, 0.1) is 5.92 Å². The Morgan fingerprint density at radius 2 is 2.05 bits per heavy atom. The van der Waals surface area contributed by atoms with Crippen LogP contribution in [0.25, 0.3) is 0 Å². The summed E-state index contributed by atoms with van der Waals surface area (Å²) in [5.41, 5.74) is 7.05. The fourth-order valence-electron chi connectivity index (χ4n) is 2.57. The number of nitrogens with zero attached hydrogens (tertiary/aromatic N) is 1. The Morgan fingerprint density at radius 3 is 2.63 bits per heavy atom. The topological polar surface area (TPSA) is 66.6 Å². The minimum atomic E-state index is -0.489. The molecule has 1 unspecified atom stereocenters. The first-order valence-electron chi connectivity index (χ1n) is 6.79. The molecule has 1 saturated carbocycles. The van der Waals surface area contributed by atoms with Crippen molar-refractivity contribution in [2.45, 2.75) is 31.4 Å². The largest absolute Gasteiger partial charge is 0.393 e. The number of aliphatic hydroxyl groups excluding tert-OH is 1. The smallest absolute Gasteiger partial charge is 0.239 e. The molecule has 0 heterocycles. The van der Waals surface area contributed by atoms with Crippen LogP contribution in [0.15, 0.2) is 30.3 Å². The highest BCUT2D eigenvalue weighted by atomic mass is 16.3. The summed E-state index contributed by atoms with van der Waals surface area (Å²) in [5.74, 6) is 0.401. The highest BCUT2D eigenvalue weighted by molar-refractivity contribution is 5.81. The molecule has 1 aromatic carbocycles. The van der Waals surface area contributed by atoms with Crippen molar-refractivity contribution in [3.63, 3.8) is 0 Å². The van der Waals surface area contributed by atoms with Crippen LogP contribution in [0.2, 0.25) is 0 Å². The Hall–Kier alpha value is -1.39. The van der Waals surface area contributed by atoms with E-state index in [1.54, 1.807) is 11.9 Å². The van der Waals surface area contributed by atoms with Crippen LogP contribution in [0.1, 0.15) is 18.4 Å². The number of benzene rings is 1. The second kappa shape index (κ2) is 6.17. The average Bonchev–Trinajstić information content (AvgIpc) is 2.37. The van der Waals surface area contributed by atoms with E-state index in [-0.39, 0.29) is 12.0 Å². The third-order valence-electron chi connectivity index (χ3n) is 3.73. The molecule has 3 N–H and O–H groups in total. The van der Waals surface area contributed by atoms with E-state index in [1.165, 1.54) is 0 Å². The number of carbonyl (C=O) groups excluding carboxylic acids is 1. The minimum Gasteiger partial charge on any atom is -0.393 e. The minimum absolute atomic E-state index is 0.0229. The molecular weight excluding hydrogens is 240 g/mol. The van der Waals surface area contributed by atoms with Gasteiger partial charge in [0, 0.05) is 13.6 Å². The molecule has 0 radical (unpaired) electrons. The summed E-state index contributed by atoms with van der Waals surface area (Å²) in [6.07, 6.45) is 1.99. The molecular formula is C15H22N2O2. The molecule has 1 aromatic rings. The van der Waals surface area contributed by atoms with E-state index in [1.807, 2.05) is 30.3 Å². The van der Waals surface area contributed by atoms with Crippen molar-refractivity contribution in [1.29, 1.82) is 0 Å². The first kappa shape index (κ1) is 14.0. The summed E-state index contributed by atoms with van der Waals surface area (Å²) < 4.78 is 0. The lowest BCUT2D eigenvalue weighted by Gasteiger charge is -2.35. The van der Waals surface area contributed by atoms with Gasteiger partial charge in [0.1, 0.15) is 0 Å². The van der Waals surface area contributed by atoms with Gasteiger partial charge in [0.25, 0.3) is 0 Å². The van der Waals surface area contributed by atoms with Gasteiger partial charge in [0.05, 0.1) is 12.1 Å². The lowest BCUT2D eigenvalue weighted by atomic mass is 9.82. The number of amides is 1. The number of hydrogen-bond donors (Lipinski definition) is 2. The van der Waals surface area contributed by atoms with Crippen molar-refractivity contribution in [1.82, 2.24) is 4.90 Å². The molecule has 1 amide bonds. The Bertz CT molecular complexity index is 415. The molecule has 104 valence electrons. The molecule has 19 heavy (non-hydrogen) atoms. The summed E-state index contributed by atoms with van der Waals surface area (Å²) in [7, 11) is 1.79. The van der Waals surface area contributed by atoms with E-state index in [2.05, 4.69) is 0 Å². The van der Waals surface area contributed by atoms with Crippen LogP contribution >= 0.6 is 0 Å². The fraction of sp³-hybridized carbons (Fsp3) is 0.533. The number of carbonyl (C=O) groups is 1. The highest BCUT2D eigenvalue weighted by Crippen LogP contribution is 2.27. The number of likely N-dealkylation sites (N-methyl/N-ethyl adjacent to an activating group) is 1. The molecule has 1 atom stereocenters. The summed E-state index contributed by atoms with van der Waals surface area (Å²) in [5, 5.41) is 9.25. The van der Waals surface area contributed by atoms with Gasteiger partial charge in [0.15, 0.2) is 0 Å². The van der Waals surface area contributed by atoms with Gasteiger partial charge in [-0.05, 0) is 30.7 Å². The van der Waals surface area contributed by atoms with Gasteiger partial charge in [0.2, 0.25) is 5.91 Å². The number of hydrogen-bond acceptors (Lipinski definition) is 3. The highest BCUT2D eigenvalue weighted by Gasteiger charge is 2.30. The summed E-state index contributed by atoms with van der Waals surface area (Å²) in [6.45, 7) is 0.693. The third kappa shape index (κ3) is 3.78. The van der Waals surface area contributed by atoms with E-state index in [0.29, 0.717) is 18.9 Å². The normalized spacial score (nSPS) is 23.5. The van der Waals surface area contributed by atoms with E-state index in [0.717, 1.165) is 18.4 Å². The van der Waals surface area contributed by atoms with Crippen molar-refractivity contribution in [3.05, 3.63) is 35.9 Å². The van der Waals surface area contributed by atoms with Gasteiger partial charge < -0.3 is 15.7 Å². The first-order valence-corrected chi connectivity index (χ1v) is 6.79. The van der Waals surface area contributed by atoms with E-state index in [9.17, 15) is 9.90 Å². The van der Waals surface area contributed by atoms with Gasteiger partial charge in [-0.15, -0.1) is 0 Å². The Morgan fingerprint density at radius 1 is 1.42 bits per heavy atom. The zero-order chi connectivity index (χ0) is 13.8. The van der Waals surface area contributed by atoms with Crippen LogP contribution < -0.4 is 5.73 Å². The zero-order valence-corrected chi connectivity index (χ0v) is 11.3. The number of nitrogens with two attached hydrogens (primary N) is 1. The zero-order valence-electron chi connectivity index (χ0n) is 11.3. The standard InChI is InChI=1S/C15H22N2O2/c1-17(10-12-7-13(18)8-12)15(19)14(16)9-11-5-3-2-4-6-11/h2-6,12-14,18H,7-10,16H2,1H3. The molecule has 0 aliphatic heterocycles. The monoisotopic (exact) mass is 262 g/mol. The maximum Gasteiger partial charge on any atom is 0.239 e. The molecule has 4 nitrogen and oxygen atoms in total. The SMILES string of the molecule is CN(CC1CC(O)C1)C(=O)C(N)Cc1ccccc1. The number of aliphatic hydroxyl groups is 1. The number of rotatable bonds is 5. The maximum atomic E-state index is 12.1. The van der Waals surface area contributed by atoms with Crippen LogP contribution in [0.5, 0.6) is 0 Å². The lowest BCUT2D eigenvalue weighted by Crippen LogP contribution is -2.46. The van der Waals surface area contributed by atoms with Gasteiger partial charge in [-0.25, -0.2) is 0 Å². The van der Waals surface area contributed by atoms with Gasteiger partial charge in [-0.3, -0.25) is 4.79 Å². The molecule has 0 saturated heterocycles. The van der Waals surface area contributed by atoms with E-state index in [4.69, 9.17) is 5.73 Å². The summed E-state index contributed by atoms with van der Waals surface area (Å²) in [4.78, 5) is 13.8. The Kier molecular flexibility index (Phi) is 4.56. The predicted molar refractivity (Wildman–Crippen MR) is 74.5 cm³/mol. The van der Waals surface area contributed by atoms with Crippen molar-refractivity contribution in [2.75, 3.05) is 13.6 Å². The molecule has 0 aromatic heterocycles. The second-order valence-electron chi connectivity index (χ2n) is 5.51. The van der Waals surface area contributed by atoms with Crippen LogP contribution in [-0.4, -0.2) is 41.7 Å². The Labute approximate surface area is 114 Å². The summed E-state index contributed by atoms with van der Waals surface area (Å²) in [6, 6.07) is 9.32. The van der Waals surface area contributed by atoms with E-state index >= 15 is 0 Å². The summed E-state index contributed by atoms with van der Waals surface area (Å²) >= 11 is 0. The molecule has 0 bridgehead atoms. The van der Waals surface area contributed by atoms with Crippen molar-refractivity contribution >= 4 is 5.91 Å². The van der Waals surface area contributed by atoms with Crippen molar-refractivity contribution in [3.8, 4) is 0 Å². The molecule has 1 aliphatic carbocycles. The lowest BCUT2D eigenvalue weighted by molar-refractivity contribution is -0.132. The van der Waals surface area contributed by atoms with Gasteiger partial charge in [-0.1, -0.05) is 30.3 Å². The fourth-order valence-corrected chi connectivity index (χ4v) is 2.57. The maximum absolute atomic E-state index is 12.1. The average molecular weight is 262 g/mol. The second-order valence-corrected chi connectivity index (χ2v) is 5.51. The van der Waals surface area contributed by atoms with Gasteiger partial charge >= 0.3 is 0 Å².